The minimum Gasteiger partial charge on any atom is -0.201 e. The normalized spacial score (nSPS) is 17.2. The summed E-state index contributed by atoms with van der Waals surface area (Å²) in [7, 11) is 2.18. The molecule has 1 aliphatic rings. The summed E-state index contributed by atoms with van der Waals surface area (Å²) >= 11 is 0. The van der Waals surface area contributed by atoms with Crippen LogP contribution in [0.2, 0.25) is 0 Å². The Balaban J connectivity index is 1.58. The highest BCUT2D eigenvalue weighted by Gasteiger charge is 2.55. The minimum absolute atomic E-state index is 0.0897. The van der Waals surface area contributed by atoms with Crippen LogP contribution in [0.1, 0.15) is 70.1 Å². The second-order valence-corrected chi connectivity index (χ2v) is 13.4. The zero-order valence-corrected chi connectivity index (χ0v) is 27.6. The van der Waals surface area contributed by atoms with E-state index in [1.54, 1.807) is 0 Å². The van der Waals surface area contributed by atoms with Crippen LogP contribution in [0.4, 0.5) is 0 Å². The summed E-state index contributed by atoms with van der Waals surface area (Å²) in [6.07, 6.45) is 10.3. The molecule has 0 N–H and O–H groups in total. The molecule has 3 heterocycles. The Morgan fingerprint density at radius 2 is 1.47 bits per heavy atom. The summed E-state index contributed by atoms with van der Waals surface area (Å²) in [6.45, 7) is 10.6. The molecule has 2 aromatic heterocycles. The van der Waals surface area contributed by atoms with Crippen molar-refractivity contribution in [2.75, 3.05) is 0 Å². The molecule has 2 heteroatoms. The van der Waals surface area contributed by atoms with E-state index in [-0.39, 0.29) is 10.8 Å². The van der Waals surface area contributed by atoms with Gasteiger partial charge in [-0.3, -0.25) is 0 Å². The van der Waals surface area contributed by atoms with E-state index < -0.39 is 0 Å². The van der Waals surface area contributed by atoms with E-state index in [0.717, 1.165) is 25.8 Å². The first-order valence-corrected chi connectivity index (χ1v) is 17.0. The molecule has 0 spiro atoms. The van der Waals surface area contributed by atoms with Crippen molar-refractivity contribution >= 4 is 21.5 Å². The average molecular weight is 591 g/mol. The van der Waals surface area contributed by atoms with Crippen LogP contribution in [0.5, 0.6) is 0 Å². The van der Waals surface area contributed by atoms with Crippen molar-refractivity contribution in [3.8, 4) is 22.5 Å². The quantitative estimate of drug-likeness (QED) is 0.164. The number of rotatable bonds is 7. The molecule has 1 unspecified atom stereocenters. The Morgan fingerprint density at radius 3 is 2.27 bits per heavy atom. The number of aromatic nitrogens is 2. The number of nitrogens with zero attached hydrogens (tertiary/aromatic N) is 2. The van der Waals surface area contributed by atoms with E-state index in [0.29, 0.717) is 0 Å². The van der Waals surface area contributed by atoms with Crippen LogP contribution >= 0.6 is 0 Å². The molecule has 6 aromatic rings. The van der Waals surface area contributed by atoms with Gasteiger partial charge >= 0.3 is 0 Å². The molecule has 0 saturated carbocycles. The summed E-state index contributed by atoms with van der Waals surface area (Å²) in [4.78, 5) is 0. The molecule has 0 amide bonds. The number of benzene rings is 4. The molecule has 0 saturated heterocycles. The van der Waals surface area contributed by atoms with E-state index in [9.17, 15) is 0 Å². The molecule has 7 rings (SSSR count). The van der Waals surface area contributed by atoms with Gasteiger partial charge in [0.2, 0.25) is 11.4 Å². The lowest BCUT2D eigenvalue weighted by molar-refractivity contribution is -0.694. The molecule has 0 fully saturated rings. The van der Waals surface area contributed by atoms with Crippen LogP contribution in [-0.2, 0) is 30.8 Å². The smallest absolute Gasteiger partial charge is 0.201 e. The van der Waals surface area contributed by atoms with Gasteiger partial charge in [0.15, 0.2) is 18.9 Å². The standard InChI is InChI=1S/C43H46N2/c1-6-9-16-31-22-24-35-33(29-31)26-28-45-30-42(4,43(7-2,8-3)37-20-13-12-19-36(37)41(35)45)38-25-23-32-17-10-11-18-34(32)40(38)39-21-14-15-27-44(39)5/h10-15,17-29H,6-9,16,30H2,1-5H3/q+2. The van der Waals surface area contributed by atoms with E-state index in [1.165, 1.54) is 73.6 Å². The summed E-state index contributed by atoms with van der Waals surface area (Å²) in [5, 5.41) is 5.30. The van der Waals surface area contributed by atoms with Crippen molar-refractivity contribution in [3.63, 3.8) is 0 Å². The van der Waals surface area contributed by atoms with Gasteiger partial charge in [-0.15, -0.1) is 0 Å². The van der Waals surface area contributed by atoms with Gasteiger partial charge in [-0.2, -0.15) is 4.57 Å². The van der Waals surface area contributed by atoms with Crippen molar-refractivity contribution in [1.29, 1.82) is 0 Å². The fourth-order valence-electron chi connectivity index (χ4n) is 8.77. The number of hydrogen-bond acceptors (Lipinski definition) is 0. The summed E-state index contributed by atoms with van der Waals surface area (Å²) in [5.41, 5.74) is 9.39. The van der Waals surface area contributed by atoms with E-state index in [2.05, 4.69) is 159 Å². The van der Waals surface area contributed by atoms with Crippen LogP contribution in [0.3, 0.4) is 0 Å². The molecule has 0 aliphatic carbocycles. The number of unbranched alkanes of at least 4 members (excludes halogenated alkanes) is 1. The van der Waals surface area contributed by atoms with Gasteiger partial charge in [0.1, 0.15) is 7.05 Å². The molecule has 2 nitrogen and oxygen atoms in total. The van der Waals surface area contributed by atoms with E-state index in [4.69, 9.17) is 0 Å². The van der Waals surface area contributed by atoms with Gasteiger partial charge in [-0.25, -0.2) is 4.57 Å². The summed E-state index contributed by atoms with van der Waals surface area (Å²) < 4.78 is 4.88. The average Bonchev–Trinajstić information content (AvgIpc) is 3.17. The van der Waals surface area contributed by atoms with Crippen molar-refractivity contribution in [2.24, 2.45) is 7.05 Å². The molecule has 0 bridgehead atoms. The van der Waals surface area contributed by atoms with E-state index in [1.807, 2.05) is 0 Å². The SMILES string of the molecule is CCCCc1ccc2c3[n+](ccc2c1)CC(C)(c1ccc2ccccc2c1-c1cccc[n+]1C)C(CC)(CC)c1ccccc1-3. The third-order valence-electron chi connectivity index (χ3n) is 11.2. The van der Waals surface area contributed by atoms with Crippen molar-refractivity contribution in [2.45, 2.75) is 77.2 Å². The molecule has 0 radical (unpaired) electrons. The van der Waals surface area contributed by atoms with Crippen molar-refractivity contribution < 1.29 is 9.13 Å². The third-order valence-corrected chi connectivity index (χ3v) is 11.2. The van der Waals surface area contributed by atoms with Crippen molar-refractivity contribution in [1.82, 2.24) is 0 Å². The van der Waals surface area contributed by atoms with E-state index >= 15 is 0 Å². The molecule has 1 atom stereocenters. The molecule has 4 aromatic carbocycles. The Hall–Kier alpha value is -4.30. The number of aryl methyl sites for hydroxylation is 2. The molecular weight excluding hydrogens is 544 g/mol. The Labute approximate surface area is 269 Å². The lowest BCUT2D eigenvalue weighted by Crippen LogP contribution is -2.54. The summed E-state index contributed by atoms with van der Waals surface area (Å²) in [5.74, 6) is 0. The highest BCUT2D eigenvalue weighted by molar-refractivity contribution is 5.98. The first-order valence-electron chi connectivity index (χ1n) is 17.0. The highest BCUT2D eigenvalue weighted by Crippen LogP contribution is 2.56. The zero-order chi connectivity index (χ0) is 31.2. The van der Waals surface area contributed by atoms with Crippen LogP contribution in [-0.4, -0.2) is 0 Å². The van der Waals surface area contributed by atoms with Crippen LogP contribution in [0.25, 0.3) is 44.1 Å². The monoisotopic (exact) mass is 590 g/mol. The van der Waals surface area contributed by atoms with Gasteiger partial charge in [0, 0.05) is 23.6 Å². The minimum atomic E-state index is -0.209. The van der Waals surface area contributed by atoms with Gasteiger partial charge < -0.3 is 0 Å². The fraction of sp³-hybridized carbons (Fsp3) is 0.302. The predicted molar refractivity (Wildman–Crippen MR) is 188 cm³/mol. The molecule has 226 valence electrons. The molecule has 45 heavy (non-hydrogen) atoms. The first-order chi connectivity index (χ1) is 22.0. The zero-order valence-electron chi connectivity index (χ0n) is 27.6. The predicted octanol–water partition coefficient (Wildman–Crippen LogP) is 9.81. The topological polar surface area (TPSA) is 7.76 Å². The second-order valence-electron chi connectivity index (χ2n) is 13.4. The Bertz CT molecular complexity index is 2030. The van der Waals surface area contributed by atoms with Gasteiger partial charge in [-0.05, 0) is 83.7 Å². The Kier molecular flexibility index (Phi) is 7.56. The second kappa shape index (κ2) is 11.6. The largest absolute Gasteiger partial charge is 0.220 e. The number of hydrogen-bond donors (Lipinski definition) is 0. The third kappa shape index (κ3) is 4.52. The summed E-state index contributed by atoms with van der Waals surface area (Å²) in [6, 6.07) is 39.3. The lowest BCUT2D eigenvalue weighted by Gasteiger charge is -2.47. The molecular formula is C43H46N2+2. The van der Waals surface area contributed by atoms with Crippen LogP contribution in [0.15, 0.2) is 116 Å². The number of fused-ring (bicyclic) bond motifs is 6. The first kappa shape index (κ1) is 29.4. The maximum Gasteiger partial charge on any atom is 0.220 e. The van der Waals surface area contributed by atoms with Gasteiger partial charge in [-0.1, -0.05) is 93.9 Å². The fourth-order valence-corrected chi connectivity index (χ4v) is 8.77. The maximum atomic E-state index is 2.59. The molecule has 1 aliphatic heterocycles. The van der Waals surface area contributed by atoms with Crippen LogP contribution < -0.4 is 9.13 Å². The highest BCUT2D eigenvalue weighted by atomic mass is 15.0. The van der Waals surface area contributed by atoms with Crippen LogP contribution in [0, 0.1) is 0 Å². The lowest BCUT2D eigenvalue weighted by atomic mass is 9.54. The Morgan fingerprint density at radius 1 is 0.689 bits per heavy atom. The van der Waals surface area contributed by atoms with Gasteiger partial charge in [0.25, 0.3) is 0 Å². The number of pyridine rings is 2. The maximum absolute atomic E-state index is 2.59. The van der Waals surface area contributed by atoms with Crippen molar-refractivity contribution in [3.05, 3.63) is 132 Å². The van der Waals surface area contributed by atoms with Gasteiger partial charge in [0.05, 0.1) is 21.9 Å².